The monoisotopic (exact) mass is 460 g/mol. The number of nitrogens with one attached hydrogen (secondary N) is 2. The van der Waals surface area contributed by atoms with Crippen molar-refractivity contribution in [2.45, 2.75) is 32.2 Å². The highest BCUT2D eigenvalue weighted by Crippen LogP contribution is 2.36. The molecule has 1 aromatic carbocycles. The van der Waals surface area contributed by atoms with Crippen LogP contribution in [0.3, 0.4) is 0 Å². The number of likely N-dealkylation sites (tertiary alicyclic amines) is 1. The lowest BCUT2D eigenvalue weighted by Gasteiger charge is -2.36. The van der Waals surface area contributed by atoms with E-state index < -0.39 is 0 Å². The summed E-state index contributed by atoms with van der Waals surface area (Å²) >= 11 is 0. The number of piperidine rings is 1. The van der Waals surface area contributed by atoms with E-state index in [1.54, 1.807) is 22.7 Å². The van der Waals surface area contributed by atoms with E-state index in [-0.39, 0.29) is 11.6 Å². The second-order valence-corrected chi connectivity index (χ2v) is 9.07. The van der Waals surface area contributed by atoms with Gasteiger partial charge in [0, 0.05) is 62.7 Å². The van der Waals surface area contributed by atoms with Crippen molar-refractivity contribution in [1.82, 2.24) is 19.4 Å². The zero-order valence-corrected chi connectivity index (χ0v) is 19.7. The van der Waals surface area contributed by atoms with Gasteiger partial charge in [-0.3, -0.25) is 15.4 Å². The van der Waals surface area contributed by atoms with Gasteiger partial charge in [-0.15, -0.1) is 0 Å². The Hall–Kier alpha value is -3.51. The first-order chi connectivity index (χ1) is 16.5. The van der Waals surface area contributed by atoms with Gasteiger partial charge in [-0.1, -0.05) is 12.1 Å². The molecule has 1 aromatic heterocycles. The molecular weight excluding hydrogens is 428 g/mol. The van der Waals surface area contributed by atoms with Crippen LogP contribution in [-0.2, 0) is 6.54 Å². The quantitative estimate of drug-likeness (QED) is 0.485. The minimum atomic E-state index is -0.254. The number of hydrogen-bond donors (Lipinski definition) is 2. The summed E-state index contributed by atoms with van der Waals surface area (Å²) in [5, 5.41) is 25.6. The number of nitrogens with zero attached hydrogens (tertiary/aromatic N) is 6. The van der Waals surface area contributed by atoms with Crippen LogP contribution in [0, 0.1) is 28.1 Å². The third-order valence-corrected chi connectivity index (χ3v) is 6.95. The van der Waals surface area contributed by atoms with E-state index in [9.17, 15) is 10.1 Å². The highest BCUT2D eigenvalue weighted by Gasteiger charge is 2.27. The van der Waals surface area contributed by atoms with Gasteiger partial charge in [0.1, 0.15) is 11.9 Å². The molecule has 2 aliphatic rings. The lowest BCUT2D eigenvalue weighted by atomic mass is 9.93. The topological polar surface area (TPSA) is 116 Å². The van der Waals surface area contributed by atoms with Crippen LogP contribution in [-0.4, -0.2) is 71.3 Å². The van der Waals surface area contributed by atoms with Crippen molar-refractivity contribution in [2.75, 3.05) is 44.7 Å². The summed E-state index contributed by atoms with van der Waals surface area (Å²) in [5.74, 6) is 0.549. The first kappa shape index (κ1) is 23.6. The lowest BCUT2D eigenvalue weighted by molar-refractivity contribution is 0.319. The van der Waals surface area contributed by atoms with Gasteiger partial charge in [0.05, 0.1) is 17.6 Å². The standard InChI is InChI=1S/C25H32N8O/c1-30(18-27)24(28)19-7-11-32(12-8-19)23-20(15-26)5-4-6-22(23)21-16-29-25(34)33(17-21)14-13-31-9-2-3-10-31/h4-6,16-19,27-28H,2-3,7-14H2,1H3. The van der Waals surface area contributed by atoms with E-state index in [2.05, 4.69) is 20.9 Å². The summed E-state index contributed by atoms with van der Waals surface area (Å²) in [6, 6.07) is 8.02. The number of anilines is 1. The van der Waals surface area contributed by atoms with Crippen LogP contribution in [0.25, 0.3) is 11.1 Å². The van der Waals surface area contributed by atoms with E-state index in [1.165, 1.54) is 19.2 Å². The summed E-state index contributed by atoms with van der Waals surface area (Å²) in [4.78, 5) is 22.7. The van der Waals surface area contributed by atoms with Gasteiger partial charge >= 0.3 is 5.69 Å². The molecule has 0 atom stereocenters. The molecule has 0 amide bonds. The molecule has 0 spiro atoms. The van der Waals surface area contributed by atoms with Crippen LogP contribution in [0.1, 0.15) is 31.2 Å². The maximum Gasteiger partial charge on any atom is 0.347 e. The Morgan fingerprint density at radius 2 is 1.97 bits per heavy atom. The minimum Gasteiger partial charge on any atom is -0.370 e. The molecule has 3 heterocycles. The highest BCUT2D eigenvalue weighted by molar-refractivity contribution is 5.90. The maximum absolute atomic E-state index is 12.4. The predicted octanol–water partition coefficient (Wildman–Crippen LogP) is 2.61. The highest BCUT2D eigenvalue weighted by atomic mass is 16.1. The maximum atomic E-state index is 12.4. The molecule has 2 aromatic rings. The molecule has 0 bridgehead atoms. The van der Waals surface area contributed by atoms with E-state index >= 15 is 0 Å². The Bertz CT molecular complexity index is 1140. The Labute approximate surface area is 200 Å². The van der Waals surface area contributed by atoms with Gasteiger partial charge in [-0.25, -0.2) is 9.78 Å². The van der Waals surface area contributed by atoms with Gasteiger partial charge < -0.3 is 14.7 Å². The average molecular weight is 461 g/mol. The van der Waals surface area contributed by atoms with Crippen molar-refractivity contribution >= 4 is 17.9 Å². The van der Waals surface area contributed by atoms with Crippen molar-refractivity contribution in [2.24, 2.45) is 5.92 Å². The van der Waals surface area contributed by atoms with Gasteiger partial charge in [0.2, 0.25) is 0 Å². The van der Waals surface area contributed by atoms with Gasteiger partial charge in [-0.2, -0.15) is 5.26 Å². The number of para-hydroxylation sites is 1. The van der Waals surface area contributed by atoms with Gasteiger partial charge in [0.15, 0.2) is 0 Å². The fourth-order valence-electron chi connectivity index (χ4n) is 4.95. The van der Waals surface area contributed by atoms with E-state index in [0.29, 0.717) is 31.0 Å². The zero-order chi connectivity index (χ0) is 24.1. The van der Waals surface area contributed by atoms with Crippen LogP contribution >= 0.6 is 0 Å². The van der Waals surface area contributed by atoms with Gasteiger partial charge in [0.25, 0.3) is 0 Å². The zero-order valence-electron chi connectivity index (χ0n) is 19.7. The minimum absolute atomic E-state index is 0.0923. The third-order valence-electron chi connectivity index (χ3n) is 6.95. The Balaban J connectivity index is 1.59. The Morgan fingerprint density at radius 3 is 2.65 bits per heavy atom. The molecule has 2 saturated heterocycles. The molecule has 0 aliphatic carbocycles. The molecule has 178 valence electrons. The van der Waals surface area contributed by atoms with Crippen LogP contribution in [0.2, 0.25) is 0 Å². The Morgan fingerprint density at radius 1 is 1.24 bits per heavy atom. The molecule has 2 aliphatic heterocycles. The number of rotatable bonds is 7. The average Bonchev–Trinajstić information content (AvgIpc) is 3.40. The summed E-state index contributed by atoms with van der Waals surface area (Å²) in [7, 11) is 1.73. The van der Waals surface area contributed by atoms with E-state index in [4.69, 9.17) is 10.8 Å². The summed E-state index contributed by atoms with van der Waals surface area (Å²) in [6.45, 7) is 5.03. The molecule has 9 heteroatoms. The van der Waals surface area contributed by atoms with Crippen molar-refractivity contribution < 1.29 is 0 Å². The smallest absolute Gasteiger partial charge is 0.347 e. The lowest BCUT2D eigenvalue weighted by Crippen LogP contribution is -2.41. The number of amidine groups is 1. The predicted molar refractivity (Wildman–Crippen MR) is 134 cm³/mol. The molecule has 0 saturated carbocycles. The van der Waals surface area contributed by atoms with Gasteiger partial charge in [-0.05, 0) is 44.8 Å². The van der Waals surface area contributed by atoms with Crippen molar-refractivity contribution in [3.8, 4) is 17.2 Å². The fraction of sp³-hybridized carbons (Fsp3) is 0.480. The molecule has 9 nitrogen and oxygen atoms in total. The van der Waals surface area contributed by atoms with Crippen LogP contribution in [0.4, 0.5) is 5.69 Å². The van der Waals surface area contributed by atoms with E-state index in [0.717, 1.165) is 49.3 Å². The summed E-state index contributed by atoms with van der Waals surface area (Å²) in [6.07, 6.45) is 8.64. The molecule has 4 rings (SSSR count). The normalized spacial score (nSPS) is 16.9. The number of hydrogen-bond acceptors (Lipinski definition) is 7. The number of benzene rings is 1. The molecule has 2 N–H and O–H groups in total. The first-order valence-corrected chi connectivity index (χ1v) is 11.9. The SMILES string of the molecule is CN(C=N)C(=N)C1CCN(c2c(C#N)cccc2-c2cnc(=O)n(CCN3CCCC3)c2)CC1. The molecule has 2 fully saturated rings. The summed E-state index contributed by atoms with van der Waals surface area (Å²) in [5.41, 5.74) is 2.92. The van der Waals surface area contributed by atoms with E-state index in [1.807, 2.05) is 24.4 Å². The third kappa shape index (κ3) is 5.02. The molecule has 0 unspecified atom stereocenters. The number of aromatic nitrogens is 2. The summed E-state index contributed by atoms with van der Waals surface area (Å²) < 4.78 is 1.68. The second kappa shape index (κ2) is 10.6. The van der Waals surface area contributed by atoms with Crippen molar-refractivity contribution in [1.29, 1.82) is 16.1 Å². The largest absolute Gasteiger partial charge is 0.370 e. The molecule has 0 radical (unpaired) electrons. The van der Waals surface area contributed by atoms with Crippen molar-refractivity contribution in [3.05, 3.63) is 46.6 Å². The fourth-order valence-corrected chi connectivity index (χ4v) is 4.95. The van der Waals surface area contributed by atoms with Crippen LogP contribution < -0.4 is 10.6 Å². The number of nitriles is 1. The first-order valence-electron chi connectivity index (χ1n) is 11.9. The molecular formula is C25H32N8O. The van der Waals surface area contributed by atoms with Crippen molar-refractivity contribution in [3.63, 3.8) is 0 Å². The second-order valence-electron chi connectivity index (χ2n) is 9.07. The Kier molecular flexibility index (Phi) is 7.38. The van der Waals surface area contributed by atoms with Crippen LogP contribution in [0.5, 0.6) is 0 Å². The molecule has 34 heavy (non-hydrogen) atoms. The van der Waals surface area contributed by atoms with Crippen LogP contribution in [0.15, 0.2) is 35.4 Å².